The lowest BCUT2D eigenvalue weighted by Gasteiger charge is -2.22. The van der Waals surface area contributed by atoms with Gasteiger partial charge in [0.1, 0.15) is 6.79 Å². The molecule has 1 amide bonds. The third-order valence-corrected chi connectivity index (χ3v) is 4.18. The van der Waals surface area contributed by atoms with Gasteiger partial charge in [-0.1, -0.05) is 0 Å². The Morgan fingerprint density at radius 2 is 1.96 bits per heavy atom. The van der Waals surface area contributed by atoms with E-state index < -0.39 is 17.9 Å². The van der Waals surface area contributed by atoms with Crippen LogP contribution in [-0.4, -0.2) is 43.0 Å². The van der Waals surface area contributed by atoms with Crippen LogP contribution in [0, 0.1) is 5.92 Å². The number of carboxylic acid groups (broad SMARTS) is 1. The second-order valence-electron chi connectivity index (χ2n) is 6.38. The first-order valence-electron chi connectivity index (χ1n) is 9.05. The molecule has 0 unspecified atom stereocenters. The van der Waals surface area contributed by atoms with E-state index in [1.165, 1.54) is 12.5 Å². The zero-order chi connectivity index (χ0) is 20.4. The third-order valence-electron chi connectivity index (χ3n) is 4.18. The van der Waals surface area contributed by atoms with Gasteiger partial charge < -0.3 is 30.0 Å². The Morgan fingerprint density at radius 3 is 2.57 bits per heavy atom. The van der Waals surface area contributed by atoms with Gasteiger partial charge in [-0.15, -0.1) is 0 Å². The number of nitrogens with two attached hydrogens (primary N) is 1. The van der Waals surface area contributed by atoms with E-state index in [2.05, 4.69) is 5.32 Å². The van der Waals surface area contributed by atoms with Gasteiger partial charge in [0.2, 0.25) is 0 Å². The first-order chi connectivity index (χ1) is 13.5. The van der Waals surface area contributed by atoms with Crippen LogP contribution < -0.4 is 11.1 Å². The van der Waals surface area contributed by atoms with E-state index in [0.717, 1.165) is 5.56 Å². The zero-order valence-electron chi connectivity index (χ0n) is 15.8. The van der Waals surface area contributed by atoms with Gasteiger partial charge in [-0.05, 0) is 55.7 Å². The number of carboxylic acids is 1. The molecule has 2 rings (SSSR count). The number of furan rings is 1. The monoisotopic (exact) mass is 390 g/mol. The number of benzene rings is 1. The highest BCUT2D eigenvalue weighted by Crippen LogP contribution is 2.16. The minimum absolute atomic E-state index is 0.0736. The van der Waals surface area contributed by atoms with E-state index in [1.807, 2.05) is 6.92 Å². The summed E-state index contributed by atoms with van der Waals surface area (Å²) >= 11 is 0. The van der Waals surface area contributed by atoms with Crippen molar-refractivity contribution >= 4 is 17.6 Å². The fourth-order valence-electron chi connectivity index (χ4n) is 2.71. The van der Waals surface area contributed by atoms with Crippen LogP contribution in [0.3, 0.4) is 0 Å². The number of nitrogens with one attached hydrogen (secondary N) is 1. The Balaban J connectivity index is 2.04. The summed E-state index contributed by atoms with van der Waals surface area (Å²) in [4.78, 5) is 24.2. The number of hydrogen-bond acceptors (Lipinski definition) is 6. The topological polar surface area (TPSA) is 124 Å². The largest absolute Gasteiger partial charge is 0.481 e. The molecule has 0 saturated heterocycles. The highest BCUT2D eigenvalue weighted by Gasteiger charge is 2.25. The number of rotatable bonds is 12. The van der Waals surface area contributed by atoms with Crippen LogP contribution in [-0.2, 0) is 20.7 Å². The fraction of sp³-hybridized carbons (Fsp3) is 0.400. The summed E-state index contributed by atoms with van der Waals surface area (Å²) in [5.74, 6) is -1.97. The summed E-state index contributed by atoms with van der Waals surface area (Å²) in [7, 11) is 0. The molecule has 2 atom stereocenters. The van der Waals surface area contributed by atoms with Crippen LogP contribution in [0.15, 0.2) is 47.3 Å². The lowest BCUT2D eigenvalue weighted by atomic mass is 9.94. The van der Waals surface area contributed by atoms with Crippen molar-refractivity contribution in [3.8, 4) is 0 Å². The Morgan fingerprint density at radius 1 is 1.21 bits per heavy atom. The molecule has 8 heteroatoms. The fourth-order valence-corrected chi connectivity index (χ4v) is 2.71. The van der Waals surface area contributed by atoms with E-state index in [9.17, 15) is 14.7 Å². The van der Waals surface area contributed by atoms with Crippen molar-refractivity contribution in [2.45, 2.75) is 25.8 Å². The summed E-state index contributed by atoms with van der Waals surface area (Å²) in [5.41, 5.74) is 7.42. The summed E-state index contributed by atoms with van der Waals surface area (Å²) in [6, 6.07) is 7.72. The van der Waals surface area contributed by atoms with Crippen LogP contribution in [0.25, 0.3) is 0 Å². The van der Waals surface area contributed by atoms with Gasteiger partial charge >= 0.3 is 5.97 Å². The molecule has 8 nitrogen and oxygen atoms in total. The van der Waals surface area contributed by atoms with Crippen LogP contribution in [0.1, 0.15) is 29.3 Å². The lowest BCUT2D eigenvalue weighted by Crippen LogP contribution is -2.41. The summed E-state index contributed by atoms with van der Waals surface area (Å²) in [6.07, 6.45) is 3.52. The SMILES string of the molecule is CCOCOC[C@H](C[C@H](Cc1ccoc1)C(=O)O)NC(=O)c1ccc(N)cc1. The minimum Gasteiger partial charge on any atom is -0.481 e. The van der Waals surface area contributed by atoms with E-state index in [-0.39, 0.29) is 25.7 Å². The van der Waals surface area contributed by atoms with Gasteiger partial charge in [0.05, 0.1) is 31.1 Å². The number of amides is 1. The smallest absolute Gasteiger partial charge is 0.306 e. The van der Waals surface area contributed by atoms with Crippen molar-refractivity contribution in [3.63, 3.8) is 0 Å². The molecule has 28 heavy (non-hydrogen) atoms. The predicted octanol–water partition coefficient (Wildman–Crippen LogP) is 2.30. The predicted molar refractivity (Wildman–Crippen MR) is 103 cm³/mol. The summed E-state index contributed by atoms with van der Waals surface area (Å²) < 4.78 is 15.6. The minimum atomic E-state index is -0.947. The Bertz CT molecular complexity index is 730. The molecule has 2 aromatic rings. The number of anilines is 1. The van der Waals surface area contributed by atoms with E-state index >= 15 is 0 Å². The molecular formula is C20H26N2O6. The van der Waals surface area contributed by atoms with Gasteiger partial charge in [-0.3, -0.25) is 9.59 Å². The summed E-state index contributed by atoms with van der Waals surface area (Å²) in [5, 5.41) is 12.4. The quantitative estimate of drug-likeness (QED) is 0.288. The molecule has 1 aromatic carbocycles. The van der Waals surface area contributed by atoms with Gasteiger partial charge in [-0.2, -0.15) is 0 Å². The zero-order valence-corrected chi connectivity index (χ0v) is 15.8. The first kappa shape index (κ1) is 21.5. The van der Waals surface area contributed by atoms with Gasteiger partial charge in [0.15, 0.2) is 0 Å². The molecule has 0 bridgehead atoms. The maximum absolute atomic E-state index is 12.5. The second kappa shape index (κ2) is 11.1. The van der Waals surface area contributed by atoms with Crippen molar-refractivity contribution in [2.24, 2.45) is 5.92 Å². The van der Waals surface area contributed by atoms with Crippen LogP contribution >= 0.6 is 0 Å². The molecule has 0 spiro atoms. The van der Waals surface area contributed by atoms with E-state index in [4.69, 9.17) is 19.6 Å². The third kappa shape index (κ3) is 7.05. The summed E-state index contributed by atoms with van der Waals surface area (Å²) in [6.45, 7) is 2.55. The van der Waals surface area contributed by atoms with Crippen molar-refractivity contribution < 1.29 is 28.6 Å². The van der Waals surface area contributed by atoms with Crippen LogP contribution in [0.5, 0.6) is 0 Å². The molecule has 0 fully saturated rings. The van der Waals surface area contributed by atoms with E-state index in [0.29, 0.717) is 24.3 Å². The number of aliphatic carboxylic acids is 1. The lowest BCUT2D eigenvalue weighted by molar-refractivity contribution is -0.142. The maximum atomic E-state index is 12.5. The van der Waals surface area contributed by atoms with Crippen molar-refractivity contribution in [1.29, 1.82) is 0 Å². The molecule has 0 aliphatic rings. The standard InChI is InChI=1S/C20H26N2O6/c1-2-26-13-28-12-18(22-19(23)15-3-5-17(21)6-4-15)10-16(20(24)25)9-14-7-8-27-11-14/h3-8,11,16,18H,2,9-10,12-13,21H2,1H3,(H,22,23)(H,24,25)/t16-,18-/m0/s1. The molecule has 0 aliphatic carbocycles. The average Bonchev–Trinajstić information content (AvgIpc) is 3.18. The highest BCUT2D eigenvalue weighted by atomic mass is 16.7. The van der Waals surface area contributed by atoms with Gasteiger partial charge in [0, 0.05) is 17.9 Å². The normalized spacial score (nSPS) is 13.0. The number of carbonyl (C=O) groups is 2. The maximum Gasteiger partial charge on any atom is 0.306 e. The second-order valence-corrected chi connectivity index (χ2v) is 6.38. The molecule has 0 saturated carbocycles. The Hall–Kier alpha value is -2.84. The van der Waals surface area contributed by atoms with Crippen molar-refractivity contribution in [1.82, 2.24) is 5.32 Å². The highest BCUT2D eigenvalue weighted by molar-refractivity contribution is 5.94. The van der Waals surface area contributed by atoms with E-state index in [1.54, 1.807) is 30.3 Å². The van der Waals surface area contributed by atoms with Gasteiger partial charge in [0.25, 0.3) is 5.91 Å². The average molecular weight is 390 g/mol. The number of hydrogen-bond donors (Lipinski definition) is 3. The van der Waals surface area contributed by atoms with Gasteiger partial charge in [-0.25, -0.2) is 0 Å². The van der Waals surface area contributed by atoms with Crippen LogP contribution in [0.2, 0.25) is 0 Å². The molecule has 4 N–H and O–H groups in total. The number of carbonyl (C=O) groups excluding carboxylic acids is 1. The van der Waals surface area contributed by atoms with Crippen LogP contribution in [0.4, 0.5) is 5.69 Å². The molecule has 0 aliphatic heterocycles. The van der Waals surface area contributed by atoms with Crippen molar-refractivity contribution in [2.75, 3.05) is 25.7 Å². The molecule has 1 heterocycles. The number of ether oxygens (including phenoxy) is 2. The number of nitrogen functional groups attached to an aromatic ring is 1. The Kier molecular flexibility index (Phi) is 8.51. The Labute approximate surface area is 163 Å². The molecule has 152 valence electrons. The van der Waals surface area contributed by atoms with Crippen molar-refractivity contribution in [3.05, 3.63) is 54.0 Å². The first-order valence-corrected chi connectivity index (χ1v) is 9.05. The molecule has 0 radical (unpaired) electrons. The molecule has 1 aromatic heterocycles. The molecular weight excluding hydrogens is 364 g/mol.